The van der Waals surface area contributed by atoms with E-state index in [0.29, 0.717) is 11.3 Å². The van der Waals surface area contributed by atoms with Gasteiger partial charge in [0, 0.05) is 36.3 Å². The number of nitrogens with two attached hydrogens (primary N) is 1. The van der Waals surface area contributed by atoms with Crippen LogP contribution in [0.15, 0.2) is 48.7 Å². The van der Waals surface area contributed by atoms with Crippen LogP contribution in [-0.2, 0) is 4.79 Å². The van der Waals surface area contributed by atoms with Crippen molar-refractivity contribution >= 4 is 17.3 Å². The highest BCUT2D eigenvalue weighted by atomic mass is 16.3. The third-order valence-electron chi connectivity index (χ3n) is 6.22. The maximum absolute atomic E-state index is 12.5. The van der Waals surface area contributed by atoms with Gasteiger partial charge in [0.2, 0.25) is 11.4 Å². The van der Waals surface area contributed by atoms with Gasteiger partial charge in [0.05, 0.1) is 11.2 Å². The molecule has 0 bridgehead atoms. The lowest BCUT2D eigenvalue weighted by Gasteiger charge is -2.35. The molecule has 30 heavy (non-hydrogen) atoms. The molecule has 1 aromatic carbocycles. The second-order valence-corrected chi connectivity index (χ2v) is 7.87. The molecule has 0 unspecified atom stereocenters. The van der Waals surface area contributed by atoms with Gasteiger partial charge in [-0.05, 0) is 37.1 Å². The summed E-state index contributed by atoms with van der Waals surface area (Å²) in [5.41, 5.74) is 6.63. The quantitative estimate of drug-likeness (QED) is 0.636. The van der Waals surface area contributed by atoms with Crippen LogP contribution >= 0.6 is 0 Å². The number of hydrogen-bond acceptors (Lipinski definition) is 4. The normalized spacial score (nSPS) is 24.9. The molecule has 2 amide bonds. The van der Waals surface area contributed by atoms with E-state index in [0.717, 1.165) is 23.9 Å². The number of aromatic nitrogens is 2. The Balaban J connectivity index is 1.55. The molecule has 1 aliphatic carbocycles. The minimum Gasteiger partial charge on any atom is -0.369 e. The first-order valence-electron chi connectivity index (χ1n) is 9.80. The average Bonchev–Trinajstić information content (AvgIpc) is 3.16. The standard InChI is InChI=1S/C23H20N4O3/c1-26-17-9-8-16(17)23(30,22(26)29)11-10-14-5-4-6-15(13-14)19-18-7-2-3-12-27(18)21(25-19)20(24)28/h2-7,12-13,16-17,30H,8-9H2,1H3,(H2,24,28)/t16-,17+,23+/m1/s1. The van der Waals surface area contributed by atoms with Gasteiger partial charge in [-0.25, -0.2) is 4.98 Å². The molecule has 0 spiro atoms. The number of primary amides is 1. The summed E-state index contributed by atoms with van der Waals surface area (Å²) >= 11 is 0. The molecule has 7 heteroatoms. The smallest absolute Gasteiger partial charge is 0.285 e. The summed E-state index contributed by atoms with van der Waals surface area (Å²) in [5.74, 6) is 4.89. The molecule has 2 fully saturated rings. The van der Waals surface area contributed by atoms with E-state index in [-0.39, 0.29) is 23.7 Å². The van der Waals surface area contributed by atoms with Crippen molar-refractivity contribution in [3.8, 4) is 23.1 Å². The van der Waals surface area contributed by atoms with E-state index in [9.17, 15) is 14.7 Å². The van der Waals surface area contributed by atoms with Gasteiger partial charge in [-0.2, -0.15) is 0 Å². The third kappa shape index (κ3) is 2.54. The summed E-state index contributed by atoms with van der Waals surface area (Å²) < 4.78 is 1.66. The lowest BCUT2D eigenvalue weighted by Crippen LogP contribution is -2.44. The Kier molecular flexibility index (Phi) is 3.95. The van der Waals surface area contributed by atoms with Crippen LogP contribution in [-0.4, -0.2) is 49.9 Å². The van der Waals surface area contributed by atoms with Crippen LogP contribution in [0, 0.1) is 17.8 Å². The number of likely N-dealkylation sites (N-methyl/N-ethyl adjacent to an activating group) is 1. The van der Waals surface area contributed by atoms with Crippen LogP contribution < -0.4 is 5.73 Å². The fourth-order valence-corrected chi connectivity index (χ4v) is 4.49. The van der Waals surface area contributed by atoms with Gasteiger partial charge < -0.3 is 15.7 Å². The van der Waals surface area contributed by atoms with Gasteiger partial charge in [0.15, 0.2) is 0 Å². The van der Waals surface area contributed by atoms with Gasteiger partial charge in [0.25, 0.3) is 11.8 Å². The SMILES string of the molecule is CN1C(=O)[C@](O)(C#Cc2cccc(-c3nc(C(N)=O)n4ccccc34)c2)[C@@H]2CC[C@@H]21. The van der Waals surface area contributed by atoms with E-state index in [4.69, 9.17) is 5.73 Å². The number of likely N-dealkylation sites (tertiary alicyclic amines) is 1. The molecular formula is C23H20N4O3. The van der Waals surface area contributed by atoms with Crippen LogP contribution in [0.25, 0.3) is 16.8 Å². The number of hydrogen-bond donors (Lipinski definition) is 2. The summed E-state index contributed by atoms with van der Waals surface area (Å²) in [6.07, 6.45) is 3.44. The number of imidazole rings is 1. The molecule has 2 aromatic heterocycles. The maximum Gasteiger partial charge on any atom is 0.285 e. The molecular weight excluding hydrogens is 380 g/mol. The zero-order valence-corrected chi connectivity index (χ0v) is 16.4. The second kappa shape index (κ2) is 6.44. The monoisotopic (exact) mass is 400 g/mol. The Hall–Kier alpha value is -3.63. The van der Waals surface area contributed by atoms with E-state index >= 15 is 0 Å². The van der Waals surface area contributed by atoms with Crippen molar-refractivity contribution in [2.24, 2.45) is 11.7 Å². The number of rotatable bonds is 2. The van der Waals surface area contributed by atoms with E-state index in [1.165, 1.54) is 0 Å². The molecule has 0 radical (unpaired) electrons. The lowest BCUT2D eigenvalue weighted by molar-refractivity contribution is -0.138. The molecule has 1 saturated heterocycles. The van der Waals surface area contributed by atoms with Crippen LogP contribution in [0.1, 0.15) is 29.0 Å². The average molecular weight is 400 g/mol. The van der Waals surface area contributed by atoms with Crippen LogP contribution in [0.2, 0.25) is 0 Å². The minimum atomic E-state index is -1.63. The molecule has 150 valence electrons. The first-order chi connectivity index (χ1) is 14.4. The van der Waals surface area contributed by atoms with Crippen molar-refractivity contribution in [1.82, 2.24) is 14.3 Å². The molecule has 3 atom stereocenters. The number of aliphatic hydroxyl groups is 1. The predicted octanol–water partition coefficient (Wildman–Crippen LogP) is 1.43. The molecule has 1 saturated carbocycles. The van der Waals surface area contributed by atoms with Crippen molar-refractivity contribution in [3.05, 3.63) is 60.0 Å². The van der Waals surface area contributed by atoms with E-state index < -0.39 is 11.5 Å². The lowest BCUT2D eigenvalue weighted by atomic mass is 9.72. The molecule has 5 rings (SSSR count). The molecule has 3 N–H and O–H groups in total. The van der Waals surface area contributed by atoms with Crippen molar-refractivity contribution in [3.63, 3.8) is 0 Å². The largest absolute Gasteiger partial charge is 0.369 e. The summed E-state index contributed by atoms with van der Waals surface area (Å²) in [6.45, 7) is 0. The molecule has 3 heterocycles. The summed E-state index contributed by atoms with van der Waals surface area (Å²) in [4.78, 5) is 30.4. The second-order valence-electron chi connectivity index (χ2n) is 7.87. The fraction of sp³-hybridized carbons (Fsp3) is 0.261. The highest BCUT2D eigenvalue weighted by molar-refractivity contribution is 5.94. The summed E-state index contributed by atoms with van der Waals surface area (Å²) in [6, 6.07) is 12.9. The number of amides is 2. The first kappa shape index (κ1) is 18.4. The van der Waals surface area contributed by atoms with Crippen LogP contribution in [0.3, 0.4) is 0 Å². The maximum atomic E-state index is 12.5. The first-order valence-corrected chi connectivity index (χ1v) is 9.80. The topological polar surface area (TPSA) is 101 Å². The Morgan fingerprint density at radius 3 is 2.80 bits per heavy atom. The number of carbonyl (C=O) groups excluding carboxylic acids is 2. The zero-order chi connectivity index (χ0) is 21.0. The van der Waals surface area contributed by atoms with Gasteiger partial charge in [0.1, 0.15) is 0 Å². The zero-order valence-electron chi connectivity index (χ0n) is 16.4. The van der Waals surface area contributed by atoms with Crippen LogP contribution in [0.5, 0.6) is 0 Å². The van der Waals surface area contributed by atoms with E-state index in [1.54, 1.807) is 28.6 Å². The minimum absolute atomic E-state index is 0.0762. The van der Waals surface area contributed by atoms with Gasteiger partial charge >= 0.3 is 0 Å². The Labute approximate surface area is 173 Å². The number of benzene rings is 1. The van der Waals surface area contributed by atoms with E-state index in [1.807, 2.05) is 36.4 Å². The highest BCUT2D eigenvalue weighted by Gasteiger charge is 2.60. The van der Waals surface area contributed by atoms with Crippen molar-refractivity contribution in [1.29, 1.82) is 0 Å². The van der Waals surface area contributed by atoms with Crippen LogP contribution in [0.4, 0.5) is 0 Å². The highest BCUT2D eigenvalue weighted by Crippen LogP contribution is 2.46. The molecule has 2 aliphatic rings. The summed E-state index contributed by atoms with van der Waals surface area (Å²) in [7, 11) is 1.72. The number of fused-ring (bicyclic) bond motifs is 2. The number of pyridine rings is 1. The van der Waals surface area contributed by atoms with Gasteiger partial charge in [-0.3, -0.25) is 14.0 Å². The molecule has 7 nitrogen and oxygen atoms in total. The Morgan fingerprint density at radius 2 is 2.10 bits per heavy atom. The number of carbonyl (C=O) groups is 2. The Bertz CT molecular complexity index is 1270. The number of nitrogens with zero attached hydrogens (tertiary/aromatic N) is 3. The summed E-state index contributed by atoms with van der Waals surface area (Å²) in [5, 5.41) is 10.9. The third-order valence-corrected chi connectivity index (χ3v) is 6.22. The van der Waals surface area contributed by atoms with Crippen molar-refractivity contribution in [2.45, 2.75) is 24.5 Å². The predicted molar refractivity (Wildman–Crippen MR) is 110 cm³/mol. The van der Waals surface area contributed by atoms with Gasteiger partial charge in [-0.15, -0.1) is 0 Å². The van der Waals surface area contributed by atoms with Gasteiger partial charge in [-0.1, -0.05) is 30.0 Å². The molecule has 3 aromatic rings. The molecule has 1 aliphatic heterocycles. The van der Waals surface area contributed by atoms with Crippen molar-refractivity contribution < 1.29 is 14.7 Å². The Morgan fingerprint density at radius 1 is 1.27 bits per heavy atom. The fourth-order valence-electron chi connectivity index (χ4n) is 4.49. The van der Waals surface area contributed by atoms with E-state index in [2.05, 4.69) is 16.8 Å². The van der Waals surface area contributed by atoms with Crippen molar-refractivity contribution in [2.75, 3.05) is 7.05 Å².